The minimum atomic E-state index is 0.234. The summed E-state index contributed by atoms with van der Waals surface area (Å²) >= 11 is 0. The summed E-state index contributed by atoms with van der Waals surface area (Å²) in [5.74, 6) is 2.37. The molecule has 0 spiro atoms. The van der Waals surface area contributed by atoms with Gasteiger partial charge in [-0.1, -0.05) is 53.2 Å². The number of hydrogen-bond acceptors (Lipinski definition) is 1. The number of rotatable bonds is 3. The van der Waals surface area contributed by atoms with Gasteiger partial charge in [0, 0.05) is 12.3 Å². The van der Waals surface area contributed by atoms with Crippen molar-refractivity contribution < 1.29 is 4.79 Å². The number of allylic oxidation sites excluding steroid dienone is 2. The second kappa shape index (κ2) is 7.46. The lowest BCUT2D eigenvalue weighted by atomic mass is 9.33. The maximum absolute atomic E-state index is 12.7. The van der Waals surface area contributed by atoms with Gasteiger partial charge in [-0.3, -0.25) is 4.79 Å². The number of hydrogen-bond donors (Lipinski definition) is 0. The molecule has 3 unspecified atom stereocenters. The van der Waals surface area contributed by atoms with Gasteiger partial charge < -0.3 is 0 Å². The summed E-state index contributed by atoms with van der Waals surface area (Å²) in [6.07, 6.45) is 16.7. The van der Waals surface area contributed by atoms with Crippen molar-refractivity contribution in [2.75, 3.05) is 0 Å². The lowest BCUT2D eigenvalue weighted by Crippen LogP contribution is -2.64. The highest BCUT2D eigenvalue weighted by Crippen LogP contribution is 2.75. The first kappa shape index (κ1) is 23.6. The van der Waals surface area contributed by atoms with Crippen LogP contribution in [0.1, 0.15) is 126 Å². The molecule has 0 aromatic rings. The zero-order chi connectivity index (χ0) is 22.9. The third kappa shape index (κ3) is 3.42. The largest absolute Gasteiger partial charge is 0.299 e. The highest BCUT2D eigenvalue weighted by Gasteiger charge is 2.67. The van der Waals surface area contributed by atoms with Crippen molar-refractivity contribution in [1.82, 2.24) is 0 Å². The summed E-state index contributed by atoms with van der Waals surface area (Å²) in [4.78, 5) is 12.7. The first-order valence-corrected chi connectivity index (χ1v) is 13.5. The minimum Gasteiger partial charge on any atom is -0.299 e. The third-order valence-corrected chi connectivity index (χ3v) is 12.2. The van der Waals surface area contributed by atoms with Gasteiger partial charge in [-0.25, -0.2) is 0 Å². The molecule has 0 bridgehead atoms. The van der Waals surface area contributed by atoms with E-state index >= 15 is 0 Å². The van der Waals surface area contributed by atoms with Crippen molar-refractivity contribution in [2.45, 2.75) is 126 Å². The molecule has 4 rings (SSSR count). The van der Waals surface area contributed by atoms with Gasteiger partial charge in [-0.15, -0.1) is 0 Å². The molecule has 0 N–H and O–H groups in total. The van der Waals surface area contributed by atoms with Crippen LogP contribution in [-0.2, 0) is 4.79 Å². The molecular weight excluding hydrogens is 376 g/mol. The Morgan fingerprint density at radius 3 is 2.29 bits per heavy atom. The number of carbonyl (C=O) groups excluding carboxylic acids is 1. The van der Waals surface area contributed by atoms with E-state index in [2.05, 4.69) is 61.5 Å². The Kier molecular flexibility index (Phi) is 5.67. The van der Waals surface area contributed by atoms with Crippen LogP contribution in [0.25, 0.3) is 0 Å². The van der Waals surface area contributed by atoms with Crippen LogP contribution in [0.2, 0.25) is 0 Å². The second-order valence-electron chi connectivity index (χ2n) is 14.2. The maximum Gasteiger partial charge on any atom is 0.136 e. The van der Waals surface area contributed by atoms with Crippen molar-refractivity contribution in [3.05, 3.63) is 11.6 Å². The predicted molar refractivity (Wildman–Crippen MR) is 132 cm³/mol. The van der Waals surface area contributed by atoms with Gasteiger partial charge in [-0.05, 0) is 117 Å². The number of Topliss-reactive ketones (excluding diaryl/α,β-unsaturated/α-hetero) is 1. The molecule has 4 aliphatic rings. The van der Waals surface area contributed by atoms with E-state index in [1.165, 1.54) is 63.4 Å². The third-order valence-electron chi connectivity index (χ3n) is 12.2. The molecule has 8 atom stereocenters. The summed E-state index contributed by atoms with van der Waals surface area (Å²) in [5.41, 5.74) is 3.56. The summed E-state index contributed by atoms with van der Waals surface area (Å²) in [6.45, 7) is 19.8. The SMILES string of the molecule is CC(C)=CCC[C@]1(C)CC[C@]2(C)C3CC[C@]4(C)C(C)C(=O)CCC4[C@]3(C)CC[C@@]2(C)C1. The fourth-order valence-electron chi connectivity index (χ4n) is 9.93. The molecule has 31 heavy (non-hydrogen) atoms. The summed E-state index contributed by atoms with van der Waals surface area (Å²) in [5, 5.41) is 0. The van der Waals surface area contributed by atoms with Gasteiger partial charge in [-0.2, -0.15) is 0 Å². The Hall–Kier alpha value is -0.590. The smallest absolute Gasteiger partial charge is 0.136 e. The topological polar surface area (TPSA) is 17.1 Å². The summed E-state index contributed by atoms with van der Waals surface area (Å²) < 4.78 is 0. The van der Waals surface area contributed by atoms with Crippen LogP contribution in [0, 0.1) is 44.8 Å². The number of carbonyl (C=O) groups is 1. The van der Waals surface area contributed by atoms with E-state index in [4.69, 9.17) is 0 Å². The van der Waals surface area contributed by atoms with Crippen LogP contribution < -0.4 is 0 Å². The number of fused-ring (bicyclic) bond motifs is 5. The molecule has 0 saturated heterocycles. The van der Waals surface area contributed by atoms with Gasteiger partial charge in [0.2, 0.25) is 0 Å². The maximum atomic E-state index is 12.7. The minimum absolute atomic E-state index is 0.234. The highest BCUT2D eigenvalue weighted by molar-refractivity contribution is 5.82. The molecule has 0 heterocycles. The molecule has 4 saturated carbocycles. The van der Waals surface area contributed by atoms with Gasteiger partial charge in [0.25, 0.3) is 0 Å². The standard InChI is InChI=1S/C30H50O/c1-21(2)10-9-14-26(4)16-19-30(8)25-13-15-28(6)22(3)23(31)11-12-24(28)29(25,7)18-17-27(30,5)20-26/h10,22,24-25H,9,11-20H2,1-8H3/t22?,24?,25?,26-,27+,28-,29+,30-/m1/s1. The molecule has 0 radical (unpaired) electrons. The lowest BCUT2D eigenvalue weighted by molar-refractivity contribution is -0.225. The Morgan fingerprint density at radius 1 is 0.903 bits per heavy atom. The molecule has 0 aromatic heterocycles. The molecule has 4 fully saturated rings. The van der Waals surface area contributed by atoms with Crippen molar-refractivity contribution in [3.63, 3.8) is 0 Å². The van der Waals surface area contributed by atoms with Crippen LogP contribution in [0.15, 0.2) is 11.6 Å². The van der Waals surface area contributed by atoms with E-state index < -0.39 is 0 Å². The van der Waals surface area contributed by atoms with Gasteiger partial charge >= 0.3 is 0 Å². The van der Waals surface area contributed by atoms with Crippen LogP contribution >= 0.6 is 0 Å². The summed E-state index contributed by atoms with van der Waals surface area (Å²) in [7, 11) is 0. The molecule has 0 aliphatic heterocycles. The van der Waals surface area contributed by atoms with Crippen LogP contribution in [-0.4, -0.2) is 5.78 Å². The Labute approximate surface area is 193 Å². The van der Waals surface area contributed by atoms with Gasteiger partial charge in [0.15, 0.2) is 0 Å². The lowest BCUT2D eigenvalue weighted by Gasteiger charge is -2.72. The van der Waals surface area contributed by atoms with E-state index in [-0.39, 0.29) is 11.3 Å². The molecule has 0 amide bonds. The van der Waals surface area contributed by atoms with Crippen LogP contribution in [0.5, 0.6) is 0 Å². The molecule has 4 aliphatic carbocycles. The quantitative estimate of drug-likeness (QED) is 0.412. The summed E-state index contributed by atoms with van der Waals surface area (Å²) in [6, 6.07) is 0. The van der Waals surface area contributed by atoms with E-state index in [1.54, 1.807) is 0 Å². The average Bonchev–Trinajstić information content (AvgIpc) is 2.67. The van der Waals surface area contributed by atoms with Crippen LogP contribution in [0.4, 0.5) is 0 Å². The van der Waals surface area contributed by atoms with E-state index in [1.807, 2.05) is 0 Å². The first-order chi connectivity index (χ1) is 14.3. The molecule has 0 aromatic carbocycles. The average molecular weight is 427 g/mol. The van der Waals surface area contributed by atoms with Crippen molar-refractivity contribution in [3.8, 4) is 0 Å². The van der Waals surface area contributed by atoms with E-state index in [9.17, 15) is 4.79 Å². The normalized spacial score (nSPS) is 52.0. The van der Waals surface area contributed by atoms with E-state index in [0.29, 0.717) is 27.4 Å². The Balaban J connectivity index is 1.61. The zero-order valence-corrected chi connectivity index (χ0v) is 22.0. The van der Waals surface area contributed by atoms with Crippen molar-refractivity contribution in [1.29, 1.82) is 0 Å². The Bertz CT molecular complexity index is 760. The molecule has 176 valence electrons. The Morgan fingerprint density at radius 2 is 1.61 bits per heavy atom. The number of ketones is 1. The fraction of sp³-hybridized carbons (Fsp3) is 0.900. The predicted octanol–water partition coefficient (Wildman–Crippen LogP) is 8.77. The van der Waals surface area contributed by atoms with Crippen molar-refractivity contribution in [2.24, 2.45) is 44.8 Å². The molecular formula is C30H50O. The monoisotopic (exact) mass is 426 g/mol. The highest BCUT2D eigenvalue weighted by atomic mass is 16.1. The van der Waals surface area contributed by atoms with Crippen molar-refractivity contribution >= 4 is 5.78 Å². The molecule has 1 nitrogen and oxygen atoms in total. The first-order valence-electron chi connectivity index (χ1n) is 13.5. The zero-order valence-electron chi connectivity index (χ0n) is 22.0. The van der Waals surface area contributed by atoms with Crippen LogP contribution in [0.3, 0.4) is 0 Å². The second-order valence-corrected chi connectivity index (χ2v) is 14.2. The van der Waals surface area contributed by atoms with E-state index in [0.717, 1.165) is 24.7 Å². The van der Waals surface area contributed by atoms with Gasteiger partial charge in [0.05, 0.1) is 0 Å². The fourth-order valence-corrected chi connectivity index (χ4v) is 9.93. The molecule has 1 heteroatoms. The van der Waals surface area contributed by atoms with Gasteiger partial charge in [0.1, 0.15) is 5.78 Å².